The summed E-state index contributed by atoms with van der Waals surface area (Å²) in [5, 5.41) is 0. The Hall–Kier alpha value is -1.67. The standard InChI is InChI=1S/C16H26N4O4/c1-17-13(10-14(21)18(2)16(17)23)20-8-9-24-12(11-20)15(22)19-6-4-3-5-7-19/h12-13H,3-11H2,1-2H3. The van der Waals surface area contributed by atoms with Crippen LogP contribution in [-0.4, -0.2) is 96.6 Å². The van der Waals surface area contributed by atoms with E-state index in [1.165, 1.54) is 13.5 Å². The number of carbonyl (C=O) groups is 3. The number of morpholine rings is 1. The second-order valence-corrected chi connectivity index (χ2v) is 6.77. The van der Waals surface area contributed by atoms with E-state index in [1.54, 1.807) is 11.9 Å². The van der Waals surface area contributed by atoms with Crippen LogP contribution in [-0.2, 0) is 14.3 Å². The fraction of sp³-hybridized carbons (Fsp3) is 0.812. The fourth-order valence-electron chi connectivity index (χ4n) is 3.68. The molecule has 3 rings (SSSR count). The minimum Gasteiger partial charge on any atom is -0.366 e. The molecule has 0 aliphatic carbocycles. The number of likely N-dealkylation sites (tertiary alicyclic amines) is 1. The van der Waals surface area contributed by atoms with E-state index in [4.69, 9.17) is 4.74 Å². The summed E-state index contributed by atoms with van der Waals surface area (Å²) < 4.78 is 5.69. The fourth-order valence-corrected chi connectivity index (χ4v) is 3.68. The third-order valence-corrected chi connectivity index (χ3v) is 5.23. The highest BCUT2D eigenvalue weighted by Crippen LogP contribution is 2.21. The predicted molar refractivity (Wildman–Crippen MR) is 86.1 cm³/mol. The molecule has 134 valence electrons. The van der Waals surface area contributed by atoms with Crippen LogP contribution >= 0.6 is 0 Å². The minimum atomic E-state index is -0.505. The topological polar surface area (TPSA) is 73.4 Å². The third-order valence-electron chi connectivity index (χ3n) is 5.23. The molecule has 3 heterocycles. The van der Waals surface area contributed by atoms with Crippen molar-refractivity contribution >= 4 is 17.8 Å². The largest absolute Gasteiger partial charge is 0.366 e. The van der Waals surface area contributed by atoms with E-state index in [0.717, 1.165) is 30.8 Å². The number of ether oxygens (including phenoxy) is 1. The first-order valence-electron chi connectivity index (χ1n) is 8.67. The minimum absolute atomic E-state index is 0.0348. The molecular formula is C16H26N4O4. The molecule has 0 saturated carbocycles. The Labute approximate surface area is 142 Å². The quantitative estimate of drug-likeness (QED) is 0.705. The van der Waals surface area contributed by atoms with Crippen LogP contribution in [0.5, 0.6) is 0 Å². The van der Waals surface area contributed by atoms with E-state index in [1.807, 2.05) is 9.80 Å². The Morgan fingerprint density at radius 3 is 2.50 bits per heavy atom. The average molecular weight is 338 g/mol. The van der Waals surface area contributed by atoms with Crippen molar-refractivity contribution in [3.63, 3.8) is 0 Å². The Bertz CT molecular complexity index is 520. The SMILES string of the molecule is CN1C(=O)CC(N2CCOC(C(=O)N3CCCCC3)C2)N(C)C1=O. The molecule has 4 amide bonds. The highest BCUT2D eigenvalue weighted by atomic mass is 16.5. The number of urea groups is 1. The monoisotopic (exact) mass is 338 g/mol. The van der Waals surface area contributed by atoms with Crippen LogP contribution in [0.4, 0.5) is 4.79 Å². The smallest absolute Gasteiger partial charge is 0.327 e. The maximum atomic E-state index is 12.7. The zero-order chi connectivity index (χ0) is 17.3. The number of hydrogen-bond donors (Lipinski definition) is 0. The summed E-state index contributed by atoms with van der Waals surface area (Å²) in [4.78, 5) is 43.5. The average Bonchev–Trinajstić information content (AvgIpc) is 2.63. The molecule has 0 spiro atoms. The summed E-state index contributed by atoms with van der Waals surface area (Å²) in [5.74, 6) is -0.152. The van der Waals surface area contributed by atoms with Gasteiger partial charge in [0.1, 0.15) is 6.10 Å². The lowest BCUT2D eigenvalue weighted by Crippen LogP contribution is -2.63. The summed E-state index contributed by atoms with van der Waals surface area (Å²) in [7, 11) is 3.20. The molecular weight excluding hydrogens is 312 g/mol. The molecule has 3 aliphatic heterocycles. The van der Waals surface area contributed by atoms with Crippen LogP contribution in [0.3, 0.4) is 0 Å². The number of carbonyl (C=O) groups excluding carboxylic acids is 3. The Morgan fingerprint density at radius 2 is 1.79 bits per heavy atom. The molecule has 3 fully saturated rings. The van der Waals surface area contributed by atoms with E-state index >= 15 is 0 Å². The van der Waals surface area contributed by atoms with Gasteiger partial charge >= 0.3 is 6.03 Å². The molecule has 24 heavy (non-hydrogen) atoms. The van der Waals surface area contributed by atoms with Crippen molar-refractivity contribution in [3.05, 3.63) is 0 Å². The van der Waals surface area contributed by atoms with Gasteiger partial charge in [0.15, 0.2) is 0 Å². The number of piperidine rings is 1. The molecule has 2 unspecified atom stereocenters. The summed E-state index contributed by atoms with van der Waals surface area (Å²) in [6.45, 7) is 3.07. The highest BCUT2D eigenvalue weighted by molar-refractivity contribution is 5.96. The number of rotatable bonds is 2. The summed E-state index contributed by atoms with van der Waals surface area (Å²) in [5.41, 5.74) is 0. The van der Waals surface area contributed by atoms with Crippen LogP contribution < -0.4 is 0 Å². The molecule has 0 bridgehead atoms. The lowest BCUT2D eigenvalue weighted by molar-refractivity contribution is -0.155. The molecule has 8 heteroatoms. The molecule has 3 saturated heterocycles. The Kier molecular flexibility index (Phi) is 5.05. The maximum absolute atomic E-state index is 12.7. The van der Waals surface area contributed by atoms with E-state index in [-0.39, 0.29) is 30.4 Å². The Morgan fingerprint density at radius 1 is 1.08 bits per heavy atom. The first-order valence-corrected chi connectivity index (χ1v) is 8.67. The second-order valence-electron chi connectivity index (χ2n) is 6.77. The van der Waals surface area contributed by atoms with E-state index < -0.39 is 6.10 Å². The third kappa shape index (κ3) is 3.25. The van der Waals surface area contributed by atoms with Gasteiger partial charge in [-0.2, -0.15) is 0 Å². The molecule has 8 nitrogen and oxygen atoms in total. The zero-order valence-electron chi connectivity index (χ0n) is 14.4. The first kappa shape index (κ1) is 17.2. The molecule has 0 aromatic rings. The van der Waals surface area contributed by atoms with Gasteiger partial charge in [0.2, 0.25) is 5.91 Å². The van der Waals surface area contributed by atoms with Crippen LogP contribution in [0.15, 0.2) is 0 Å². The van der Waals surface area contributed by atoms with Crippen LogP contribution in [0.1, 0.15) is 25.7 Å². The molecule has 2 atom stereocenters. The van der Waals surface area contributed by atoms with Gasteiger partial charge in [0, 0.05) is 40.3 Å². The Balaban J connectivity index is 1.65. The van der Waals surface area contributed by atoms with Crippen molar-refractivity contribution in [1.29, 1.82) is 0 Å². The lowest BCUT2D eigenvalue weighted by atomic mass is 10.1. The van der Waals surface area contributed by atoms with Crippen LogP contribution in [0.25, 0.3) is 0 Å². The van der Waals surface area contributed by atoms with E-state index in [0.29, 0.717) is 19.7 Å². The number of imide groups is 1. The second kappa shape index (κ2) is 7.06. The molecule has 0 N–H and O–H groups in total. The highest BCUT2D eigenvalue weighted by Gasteiger charge is 2.41. The van der Waals surface area contributed by atoms with Gasteiger partial charge < -0.3 is 14.5 Å². The lowest BCUT2D eigenvalue weighted by Gasteiger charge is -2.45. The summed E-state index contributed by atoms with van der Waals surface area (Å²) >= 11 is 0. The van der Waals surface area contributed by atoms with Gasteiger partial charge in [-0.15, -0.1) is 0 Å². The summed E-state index contributed by atoms with van der Waals surface area (Å²) in [6.07, 6.45) is 2.71. The van der Waals surface area contributed by atoms with E-state index in [2.05, 4.69) is 0 Å². The zero-order valence-corrected chi connectivity index (χ0v) is 14.4. The van der Waals surface area contributed by atoms with Crippen LogP contribution in [0.2, 0.25) is 0 Å². The summed E-state index contributed by atoms with van der Waals surface area (Å²) in [6, 6.07) is -0.304. The van der Waals surface area contributed by atoms with Gasteiger partial charge in [0.05, 0.1) is 19.2 Å². The van der Waals surface area contributed by atoms with Crippen molar-refractivity contribution in [3.8, 4) is 0 Å². The van der Waals surface area contributed by atoms with Crippen molar-refractivity contribution in [1.82, 2.24) is 19.6 Å². The molecule has 0 radical (unpaired) electrons. The normalized spacial score (nSPS) is 30.0. The number of hydrogen-bond acceptors (Lipinski definition) is 5. The van der Waals surface area contributed by atoms with Gasteiger partial charge in [-0.1, -0.05) is 0 Å². The predicted octanol–water partition coefficient (Wildman–Crippen LogP) is -0.0603. The van der Waals surface area contributed by atoms with Crippen molar-refractivity contribution in [2.24, 2.45) is 0 Å². The number of amides is 4. The van der Waals surface area contributed by atoms with Gasteiger partial charge in [-0.05, 0) is 19.3 Å². The van der Waals surface area contributed by atoms with Crippen LogP contribution in [0, 0.1) is 0 Å². The van der Waals surface area contributed by atoms with Crippen molar-refractivity contribution < 1.29 is 19.1 Å². The number of nitrogens with zero attached hydrogens (tertiary/aromatic N) is 4. The van der Waals surface area contributed by atoms with E-state index in [9.17, 15) is 14.4 Å². The van der Waals surface area contributed by atoms with Gasteiger partial charge in [-0.25, -0.2) is 4.79 Å². The van der Waals surface area contributed by atoms with Gasteiger partial charge in [0.25, 0.3) is 5.91 Å². The molecule has 3 aliphatic rings. The molecule has 0 aromatic carbocycles. The van der Waals surface area contributed by atoms with Crippen molar-refractivity contribution in [2.45, 2.75) is 38.0 Å². The first-order chi connectivity index (χ1) is 11.5. The molecule has 0 aromatic heterocycles. The van der Waals surface area contributed by atoms with Crippen molar-refractivity contribution in [2.75, 3.05) is 46.9 Å². The van der Waals surface area contributed by atoms with Gasteiger partial charge in [-0.3, -0.25) is 19.4 Å². The maximum Gasteiger partial charge on any atom is 0.327 e.